The quantitative estimate of drug-likeness (QED) is 0.559. The van der Waals surface area contributed by atoms with Crippen LogP contribution in [0.15, 0.2) is 42.0 Å². The van der Waals surface area contributed by atoms with E-state index in [9.17, 15) is 10.1 Å². The summed E-state index contributed by atoms with van der Waals surface area (Å²) in [7, 11) is 1.54. The first-order chi connectivity index (χ1) is 12.5. The first kappa shape index (κ1) is 19.6. The summed E-state index contributed by atoms with van der Waals surface area (Å²) in [5.41, 5.74) is 0.956. The van der Waals surface area contributed by atoms with Crippen molar-refractivity contribution in [2.45, 2.75) is 6.92 Å². The van der Waals surface area contributed by atoms with Gasteiger partial charge in [-0.25, -0.2) is 0 Å². The first-order valence-electron chi connectivity index (χ1n) is 7.67. The molecule has 2 aromatic rings. The van der Waals surface area contributed by atoms with Crippen LogP contribution in [-0.2, 0) is 4.79 Å². The number of hydrogen-bond donors (Lipinski definition) is 1. The number of hydrogen-bond acceptors (Lipinski definition) is 4. The van der Waals surface area contributed by atoms with Gasteiger partial charge in [-0.05, 0) is 48.9 Å². The fourth-order valence-electron chi connectivity index (χ4n) is 2.19. The fraction of sp³-hybridized carbons (Fsp3) is 0.158. The summed E-state index contributed by atoms with van der Waals surface area (Å²) in [5, 5.41) is 12.7. The van der Waals surface area contributed by atoms with Crippen molar-refractivity contribution in [1.82, 2.24) is 0 Å². The van der Waals surface area contributed by atoms with Crippen LogP contribution in [-0.4, -0.2) is 19.6 Å². The SMILES string of the molecule is CCOc1cc(/C=C(\C#N)C(=O)Nc2cc(Cl)cc(Cl)c2)ccc1OC. The van der Waals surface area contributed by atoms with E-state index in [4.69, 9.17) is 32.7 Å². The number of nitrogens with one attached hydrogen (secondary N) is 1. The number of rotatable bonds is 6. The molecule has 0 saturated carbocycles. The zero-order valence-electron chi connectivity index (χ0n) is 14.2. The third-order valence-electron chi connectivity index (χ3n) is 3.28. The monoisotopic (exact) mass is 390 g/mol. The molecular weight excluding hydrogens is 375 g/mol. The lowest BCUT2D eigenvalue weighted by atomic mass is 10.1. The second kappa shape index (κ2) is 9.14. The molecule has 0 atom stereocenters. The Kier molecular flexibility index (Phi) is 6.90. The molecule has 7 heteroatoms. The zero-order chi connectivity index (χ0) is 19.1. The van der Waals surface area contributed by atoms with Gasteiger partial charge >= 0.3 is 0 Å². The van der Waals surface area contributed by atoms with Crippen molar-refractivity contribution in [3.8, 4) is 17.6 Å². The molecule has 0 unspecified atom stereocenters. The Balaban J connectivity index is 2.28. The zero-order valence-corrected chi connectivity index (χ0v) is 15.7. The Morgan fingerprint density at radius 3 is 2.46 bits per heavy atom. The normalized spacial score (nSPS) is 10.8. The molecule has 0 spiro atoms. The molecule has 0 aliphatic rings. The number of methoxy groups -OCH3 is 1. The Labute approximate surface area is 161 Å². The number of carbonyl (C=O) groups excluding carboxylic acids is 1. The highest BCUT2D eigenvalue weighted by Crippen LogP contribution is 2.29. The Bertz CT molecular complexity index is 869. The summed E-state index contributed by atoms with van der Waals surface area (Å²) in [4.78, 5) is 12.4. The predicted octanol–water partition coefficient (Wildman–Crippen LogP) is 4.95. The topological polar surface area (TPSA) is 71.3 Å². The van der Waals surface area contributed by atoms with Crippen molar-refractivity contribution in [1.29, 1.82) is 5.26 Å². The summed E-state index contributed by atoms with van der Waals surface area (Å²) < 4.78 is 10.7. The average molecular weight is 391 g/mol. The number of anilines is 1. The van der Waals surface area contributed by atoms with E-state index in [0.29, 0.717) is 39.4 Å². The lowest BCUT2D eigenvalue weighted by Crippen LogP contribution is -2.13. The van der Waals surface area contributed by atoms with Gasteiger partial charge in [-0.1, -0.05) is 29.3 Å². The summed E-state index contributed by atoms with van der Waals surface area (Å²) in [6.45, 7) is 2.32. The predicted molar refractivity (Wildman–Crippen MR) is 103 cm³/mol. The first-order valence-corrected chi connectivity index (χ1v) is 8.42. The van der Waals surface area contributed by atoms with Gasteiger partial charge in [-0.3, -0.25) is 4.79 Å². The van der Waals surface area contributed by atoms with Crippen molar-refractivity contribution in [3.63, 3.8) is 0 Å². The number of amides is 1. The van der Waals surface area contributed by atoms with E-state index >= 15 is 0 Å². The molecule has 0 heterocycles. The van der Waals surface area contributed by atoms with E-state index in [1.165, 1.54) is 13.2 Å². The van der Waals surface area contributed by atoms with Gasteiger partial charge in [0.05, 0.1) is 13.7 Å². The van der Waals surface area contributed by atoms with Crippen molar-refractivity contribution < 1.29 is 14.3 Å². The fourth-order valence-corrected chi connectivity index (χ4v) is 2.72. The van der Waals surface area contributed by atoms with E-state index in [0.717, 1.165) is 0 Å². The van der Waals surface area contributed by atoms with E-state index in [1.807, 2.05) is 13.0 Å². The van der Waals surface area contributed by atoms with E-state index in [1.54, 1.807) is 36.4 Å². The number of benzene rings is 2. The minimum Gasteiger partial charge on any atom is -0.493 e. The summed E-state index contributed by atoms with van der Waals surface area (Å²) in [6, 6.07) is 11.7. The number of ether oxygens (including phenoxy) is 2. The molecule has 0 aromatic heterocycles. The maximum absolute atomic E-state index is 12.4. The minimum atomic E-state index is -0.570. The van der Waals surface area contributed by atoms with Crippen LogP contribution in [0.5, 0.6) is 11.5 Å². The minimum absolute atomic E-state index is 0.0753. The van der Waals surface area contributed by atoms with Crippen LogP contribution in [0.3, 0.4) is 0 Å². The van der Waals surface area contributed by atoms with Gasteiger partial charge in [0.1, 0.15) is 11.6 Å². The van der Waals surface area contributed by atoms with E-state index in [-0.39, 0.29) is 5.57 Å². The molecule has 2 rings (SSSR count). The van der Waals surface area contributed by atoms with Gasteiger partial charge in [-0.15, -0.1) is 0 Å². The number of carbonyl (C=O) groups is 1. The van der Waals surface area contributed by atoms with E-state index in [2.05, 4.69) is 5.32 Å². The van der Waals surface area contributed by atoms with Crippen molar-refractivity contribution in [2.75, 3.05) is 19.0 Å². The molecule has 0 bridgehead atoms. The number of nitriles is 1. The molecule has 0 aliphatic heterocycles. The Morgan fingerprint density at radius 2 is 1.88 bits per heavy atom. The van der Waals surface area contributed by atoms with E-state index < -0.39 is 5.91 Å². The maximum Gasteiger partial charge on any atom is 0.266 e. The number of nitrogens with zero attached hydrogens (tertiary/aromatic N) is 1. The second-order valence-corrected chi connectivity index (χ2v) is 6.00. The molecular formula is C19H16Cl2N2O3. The van der Waals surface area contributed by atoms with Crippen molar-refractivity contribution >= 4 is 40.9 Å². The third-order valence-corrected chi connectivity index (χ3v) is 3.72. The van der Waals surface area contributed by atoms with Crippen LogP contribution in [0.4, 0.5) is 5.69 Å². The molecule has 26 heavy (non-hydrogen) atoms. The van der Waals surface area contributed by atoms with Gasteiger partial charge < -0.3 is 14.8 Å². The molecule has 1 amide bonds. The second-order valence-electron chi connectivity index (χ2n) is 5.13. The van der Waals surface area contributed by atoms with Gasteiger partial charge in [0.25, 0.3) is 5.91 Å². The van der Waals surface area contributed by atoms with Gasteiger partial charge in [0.2, 0.25) is 0 Å². The average Bonchev–Trinajstić information content (AvgIpc) is 2.59. The Morgan fingerprint density at radius 1 is 1.19 bits per heavy atom. The van der Waals surface area contributed by atoms with Gasteiger partial charge in [0.15, 0.2) is 11.5 Å². The van der Waals surface area contributed by atoms with Crippen LogP contribution in [0.2, 0.25) is 10.0 Å². The number of halogens is 2. The maximum atomic E-state index is 12.4. The molecule has 134 valence electrons. The summed E-state index contributed by atoms with van der Waals surface area (Å²) >= 11 is 11.8. The Hall–Kier alpha value is -2.68. The molecule has 1 N–H and O–H groups in total. The van der Waals surface area contributed by atoms with Crippen LogP contribution >= 0.6 is 23.2 Å². The summed E-state index contributed by atoms with van der Waals surface area (Å²) in [5.74, 6) is 0.531. The largest absolute Gasteiger partial charge is 0.493 e. The van der Waals surface area contributed by atoms with Crippen LogP contribution in [0.1, 0.15) is 12.5 Å². The molecule has 0 aliphatic carbocycles. The lowest BCUT2D eigenvalue weighted by molar-refractivity contribution is -0.112. The van der Waals surface area contributed by atoms with Crippen molar-refractivity contribution in [2.24, 2.45) is 0 Å². The lowest BCUT2D eigenvalue weighted by Gasteiger charge is -2.10. The van der Waals surface area contributed by atoms with Gasteiger partial charge in [0, 0.05) is 15.7 Å². The van der Waals surface area contributed by atoms with Crippen LogP contribution in [0.25, 0.3) is 6.08 Å². The van der Waals surface area contributed by atoms with Crippen LogP contribution < -0.4 is 14.8 Å². The highest BCUT2D eigenvalue weighted by atomic mass is 35.5. The third kappa shape index (κ3) is 5.16. The summed E-state index contributed by atoms with van der Waals surface area (Å²) in [6.07, 6.45) is 1.46. The molecule has 0 saturated heterocycles. The highest BCUT2D eigenvalue weighted by Gasteiger charge is 2.12. The molecule has 0 fully saturated rings. The molecule has 0 radical (unpaired) electrons. The van der Waals surface area contributed by atoms with Crippen LogP contribution in [0, 0.1) is 11.3 Å². The molecule has 2 aromatic carbocycles. The van der Waals surface area contributed by atoms with Gasteiger partial charge in [-0.2, -0.15) is 5.26 Å². The highest BCUT2D eigenvalue weighted by molar-refractivity contribution is 6.35. The standard InChI is InChI=1S/C19H16Cl2N2O3/c1-3-26-18-7-12(4-5-17(18)25-2)6-13(11-22)19(24)23-16-9-14(20)8-15(21)10-16/h4-10H,3H2,1-2H3,(H,23,24)/b13-6+. The van der Waals surface area contributed by atoms with Crippen molar-refractivity contribution in [3.05, 3.63) is 57.6 Å². The molecule has 5 nitrogen and oxygen atoms in total. The smallest absolute Gasteiger partial charge is 0.266 e.